The van der Waals surface area contributed by atoms with Crippen molar-refractivity contribution < 1.29 is 0 Å². The highest BCUT2D eigenvalue weighted by atomic mass is 32.1. The summed E-state index contributed by atoms with van der Waals surface area (Å²) in [5.41, 5.74) is 0.837. The third-order valence-electron chi connectivity index (χ3n) is 2.08. The molecule has 1 nitrogen and oxygen atoms in total. The molecule has 0 N–H and O–H groups in total. The van der Waals surface area contributed by atoms with Crippen molar-refractivity contribution in [2.75, 3.05) is 0 Å². The summed E-state index contributed by atoms with van der Waals surface area (Å²) < 4.78 is 1.19. The van der Waals surface area contributed by atoms with Crippen LogP contribution in [0.5, 0.6) is 0 Å². The van der Waals surface area contributed by atoms with Gasteiger partial charge in [-0.05, 0) is 23.9 Å². The summed E-state index contributed by atoms with van der Waals surface area (Å²) in [5.74, 6) is 0. The Morgan fingerprint density at radius 2 is 2.14 bits per heavy atom. The normalized spacial score (nSPS) is 10.3. The predicted octanol–water partition coefficient (Wildman–Crippen LogP) is 2.99. The summed E-state index contributed by atoms with van der Waals surface area (Å²) in [6.07, 6.45) is 2.42. The van der Waals surface area contributed by atoms with Gasteiger partial charge in [0.2, 0.25) is 4.74 Å². The SMILES string of the molecule is C=CCc1cc2ccccc2sc1=O. The highest BCUT2D eigenvalue weighted by molar-refractivity contribution is 7.16. The number of benzene rings is 1. The molecule has 1 aromatic heterocycles. The van der Waals surface area contributed by atoms with Gasteiger partial charge >= 0.3 is 0 Å². The Morgan fingerprint density at radius 1 is 1.36 bits per heavy atom. The molecule has 2 rings (SSSR count). The minimum absolute atomic E-state index is 0.142. The van der Waals surface area contributed by atoms with E-state index in [1.807, 2.05) is 30.3 Å². The van der Waals surface area contributed by atoms with Gasteiger partial charge in [-0.15, -0.1) is 6.58 Å². The highest BCUT2D eigenvalue weighted by Gasteiger charge is 2.00. The van der Waals surface area contributed by atoms with E-state index in [2.05, 4.69) is 6.58 Å². The van der Waals surface area contributed by atoms with Crippen molar-refractivity contribution >= 4 is 21.4 Å². The molecule has 0 unspecified atom stereocenters. The fourth-order valence-electron chi connectivity index (χ4n) is 1.40. The van der Waals surface area contributed by atoms with E-state index in [9.17, 15) is 4.79 Å². The van der Waals surface area contributed by atoms with Crippen LogP contribution in [0.15, 0.2) is 47.8 Å². The average molecular weight is 202 g/mol. The Bertz CT molecular complexity index is 525. The maximum atomic E-state index is 11.6. The Morgan fingerprint density at radius 3 is 2.93 bits per heavy atom. The van der Waals surface area contributed by atoms with Crippen molar-refractivity contribution in [2.45, 2.75) is 6.42 Å². The molecule has 70 valence electrons. The lowest BCUT2D eigenvalue weighted by molar-refractivity contribution is 1.28. The van der Waals surface area contributed by atoms with Crippen molar-refractivity contribution in [3.63, 3.8) is 0 Å². The van der Waals surface area contributed by atoms with E-state index < -0.39 is 0 Å². The van der Waals surface area contributed by atoms with Gasteiger partial charge < -0.3 is 0 Å². The molecule has 0 saturated heterocycles. The summed E-state index contributed by atoms with van der Waals surface area (Å²) in [5, 5.41) is 1.13. The molecule has 1 heterocycles. The lowest BCUT2D eigenvalue weighted by atomic mass is 10.2. The third-order valence-corrected chi connectivity index (χ3v) is 3.12. The van der Waals surface area contributed by atoms with Crippen LogP contribution in [-0.2, 0) is 6.42 Å². The third kappa shape index (κ3) is 1.61. The number of rotatable bonds is 2. The number of hydrogen-bond donors (Lipinski definition) is 0. The Labute approximate surface area is 86.3 Å². The standard InChI is InChI=1S/C12H10OS/c1-2-5-10-8-9-6-3-4-7-11(9)14-12(10)13/h2-4,6-8H,1,5H2. The molecule has 0 aliphatic rings. The molecule has 1 aromatic carbocycles. The van der Waals surface area contributed by atoms with Crippen LogP contribution in [0.4, 0.5) is 0 Å². The van der Waals surface area contributed by atoms with Gasteiger partial charge in [0, 0.05) is 10.3 Å². The van der Waals surface area contributed by atoms with Gasteiger partial charge in [-0.2, -0.15) is 0 Å². The van der Waals surface area contributed by atoms with Crippen LogP contribution in [0.25, 0.3) is 10.1 Å². The van der Waals surface area contributed by atoms with Gasteiger partial charge in [-0.3, -0.25) is 4.79 Å². The Hall–Kier alpha value is -1.41. The lowest BCUT2D eigenvalue weighted by Gasteiger charge is -1.98. The smallest absolute Gasteiger partial charge is 0.236 e. The monoisotopic (exact) mass is 202 g/mol. The largest absolute Gasteiger partial charge is 0.278 e. The molecule has 0 amide bonds. The topological polar surface area (TPSA) is 17.1 Å². The van der Waals surface area contributed by atoms with Gasteiger partial charge in [0.1, 0.15) is 0 Å². The molecule has 0 atom stereocenters. The molecule has 0 aliphatic heterocycles. The summed E-state index contributed by atoms with van der Waals surface area (Å²) in [7, 11) is 0. The summed E-state index contributed by atoms with van der Waals surface area (Å²) in [4.78, 5) is 11.6. The van der Waals surface area contributed by atoms with E-state index in [4.69, 9.17) is 0 Å². The molecule has 2 heteroatoms. The first-order valence-corrected chi connectivity index (χ1v) is 5.25. The Balaban J connectivity index is 2.70. The van der Waals surface area contributed by atoms with E-state index in [0.29, 0.717) is 6.42 Å². The second-order valence-electron chi connectivity index (χ2n) is 3.09. The van der Waals surface area contributed by atoms with Gasteiger partial charge in [0.15, 0.2) is 0 Å². The zero-order valence-corrected chi connectivity index (χ0v) is 8.51. The molecule has 0 fully saturated rings. The molecule has 0 aliphatic carbocycles. The summed E-state index contributed by atoms with van der Waals surface area (Å²) >= 11 is 1.30. The molecule has 0 saturated carbocycles. The van der Waals surface area contributed by atoms with Crippen LogP contribution in [-0.4, -0.2) is 0 Å². The van der Waals surface area contributed by atoms with Gasteiger partial charge in [0.05, 0.1) is 0 Å². The van der Waals surface area contributed by atoms with Crippen LogP contribution in [0, 0.1) is 0 Å². The second kappa shape index (κ2) is 3.76. The van der Waals surface area contributed by atoms with E-state index >= 15 is 0 Å². The van der Waals surface area contributed by atoms with E-state index in [-0.39, 0.29) is 4.74 Å². The Kier molecular flexibility index (Phi) is 2.46. The first kappa shape index (κ1) is 9.16. The lowest BCUT2D eigenvalue weighted by Crippen LogP contribution is -2.02. The maximum absolute atomic E-state index is 11.6. The molecular weight excluding hydrogens is 192 g/mol. The molecule has 0 spiro atoms. The van der Waals surface area contributed by atoms with E-state index in [1.54, 1.807) is 6.08 Å². The fourth-order valence-corrected chi connectivity index (χ4v) is 2.27. The highest BCUT2D eigenvalue weighted by Crippen LogP contribution is 2.16. The number of allylic oxidation sites excluding steroid dienone is 1. The van der Waals surface area contributed by atoms with E-state index in [1.165, 1.54) is 11.3 Å². The van der Waals surface area contributed by atoms with Crippen molar-refractivity contribution in [2.24, 2.45) is 0 Å². The molecule has 0 bridgehead atoms. The second-order valence-corrected chi connectivity index (χ2v) is 4.10. The minimum Gasteiger partial charge on any atom is -0.278 e. The number of hydrogen-bond acceptors (Lipinski definition) is 2. The summed E-state index contributed by atoms with van der Waals surface area (Å²) in [6, 6.07) is 9.88. The zero-order chi connectivity index (χ0) is 9.97. The molecule has 2 aromatic rings. The quantitative estimate of drug-likeness (QED) is 0.684. The fraction of sp³-hybridized carbons (Fsp3) is 0.0833. The van der Waals surface area contributed by atoms with Gasteiger partial charge in [0.25, 0.3) is 0 Å². The molecule has 14 heavy (non-hydrogen) atoms. The van der Waals surface area contributed by atoms with Crippen LogP contribution in [0.3, 0.4) is 0 Å². The van der Waals surface area contributed by atoms with Gasteiger partial charge in [-0.1, -0.05) is 35.6 Å². The first-order valence-electron chi connectivity index (χ1n) is 4.44. The molecule has 0 radical (unpaired) electrons. The molecular formula is C12H10OS. The number of fused-ring (bicyclic) bond motifs is 1. The average Bonchev–Trinajstić information content (AvgIpc) is 2.19. The van der Waals surface area contributed by atoms with Crippen LogP contribution >= 0.6 is 11.3 Å². The van der Waals surface area contributed by atoms with Crippen molar-refractivity contribution in [3.05, 3.63) is 58.1 Å². The van der Waals surface area contributed by atoms with Crippen LogP contribution in [0.2, 0.25) is 0 Å². The van der Waals surface area contributed by atoms with Crippen LogP contribution in [0.1, 0.15) is 5.56 Å². The first-order chi connectivity index (χ1) is 6.81. The van der Waals surface area contributed by atoms with Crippen molar-refractivity contribution in [1.82, 2.24) is 0 Å². The maximum Gasteiger partial charge on any atom is 0.236 e. The van der Waals surface area contributed by atoms with E-state index in [0.717, 1.165) is 15.6 Å². The predicted molar refractivity (Wildman–Crippen MR) is 62.0 cm³/mol. The van der Waals surface area contributed by atoms with Crippen molar-refractivity contribution in [1.29, 1.82) is 0 Å². The zero-order valence-electron chi connectivity index (χ0n) is 7.69. The van der Waals surface area contributed by atoms with Gasteiger partial charge in [-0.25, -0.2) is 0 Å². The minimum atomic E-state index is 0.142. The van der Waals surface area contributed by atoms with Crippen molar-refractivity contribution in [3.8, 4) is 0 Å². The van der Waals surface area contributed by atoms with Crippen LogP contribution < -0.4 is 4.74 Å². The summed E-state index contributed by atoms with van der Waals surface area (Å²) in [6.45, 7) is 3.64.